The molecule has 114 valence electrons. The van der Waals surface area contributed by atoms with Crippen molar-refractivity contribution < 1.29 is 19.3 Å². The maximum Gasteiger partial charge on any atom is 0.199 e. The molecule has 1 atom stereocenters. The Labute approximate surface area is 125 Å². The Hall–Kier alpha value is -1.94. The summed E-state index contributed by atoms with van der Waals surface area (Å²) in [6.45, 7) is 0.615. The third-order valence-electron chi connectivity index (χ3n) is 3.50. The molecule has 1 unspecified atom stereocenters. The number of hydrogen-bond acceptors (Lipinski definition) is 4. The third kappa shape index (κ3) is 4.02. The molecular formula is C17H22O4. The summed E-state index contributed by atoms with van der Waals surface area (Å²) < 4.78 is 16.8. The summed E-state index contributed by atoms with van der Waals surface area (Å²) >= 11 is 0. The van der Waals surface area contributed by atoms with Gasteiger partial charge in [0.2, 0.25) is 0 Å². The van der Waals surface area contributed by atoms with Crippen molar-refractivity contribution >= 4 is 0 Å². The van der Waals surface area contributed by atoms with Gasteiger partial charge < -0.3 is 19.3 Å². The average molecular weight is 290 g/mol. The second-order valence-corrected chi connectivity index (χ2v) is 4.94. The normalized spacial score (nSPS) is 18.2. The lowest BCUT2D eigenvalue weighted by Crippen LogP contribution is -2.15. The summed E-state index contributed by atoms with van der Waals surface area (Å²) in [5.74, 6) is 2.30. The van der Waals surface area contributed by atoms with E-state index >= 15 is 0 Å². The first-order valence-electron chi connectivity index (χ1n) is 7.09. The van der Waals surface area contributed by atoms with E-state index in [0.29, 0.717) is 31.0 Å². The molecule has 2 rings (SSSR count). The van der Waals surface area contributed by atoms with Crippen LogP contribution in [0.4, 0.5) is 0 Å². The van der Waals surface area contributed by atoms with Crippen molar-refractivity contribution in [3.05, 3.63) is 59.2 Å². The molecule has 0 aliphatic heterocycles. The molecule has 0 radical (unpaired) electrons. The number of rotatable bonds is 7. The fraction of sp³-hybridized carbons (Fsp3) is 0.412. The standard InChI is InChI=1S/C17H22O4/c1-19-15-10-14(8-9-18)11-16(20-2)17(15)21-12-13-6-4-3-5-7-13/h3-7,10,14,18H,8-9,11-12H2,1-2H3. The van der Waals surface area contributed by atoms with Crippen molar-refractivity contribution in [2.75, 3.05) is 20.8 Å². The first-order valence-corrected chi connectivity index (χ1v) is 7.09. The van der Waals surface area contributed by atoms with E-state index in [2.05, 4.69) is 0 Å². The second kappa shape index (κ2) is 7.74. The molecule has 1 aliphatic rings. The Morgan fingerprint density at radius 2 is 1.90 bits per heavy atom. The molecule has 1 aliphatic carbocycles. The van der Waals surface area contributed by atoms with Crippen molar-refractivity contribution in [1.82, 2.24) is 0 Å². The van der Waals surface area contributed by atoms with Crippen molar-refractivity contribution in [3.63, 3.8) is 0 Å². The van der Waals surface area contributed by atoms with Gasteiger partial charge in [0.05, 0.1) is 14.2 Å². The van der Waals surface area contributed by atoms with E-state index in [1.807, 2.05) is 36.4 Å². The van der Waals surface area contributed by atoms with Crippen LogP contribution in [-0.2, 0) is 20.8 Å². The Bertz CT molecular complexity index is 505. The van der Waals surface area contributed by atoms with Gasteiger partial charge in [-0.05, 0) is 24.0 Å². The molecule has 0 amide bonds. The van der Waals surface area contributed by atoms with Crippen LogP contribution in [0.15, 0.2) is 53.7 Å². The Kier molecular flexibility index (Phi) is 5.69. The van der Waals surface area contributed by atoms with Crippen molar-refractivity contribution in [2.45, 2.75) is 19.4 Å². The third-order valence-corrected chi connectivity index (χ3v) is 3.50. The summed E-state index contributed by atoms with van der Waals surface area (Å²) in [7, 11) is 3.25. The SMILES string of the molecule is COC1=CC(CCO)CC(OC)=C1OCc1ccccc1. The van der Waals surface area contributed by atoms with Crippen LogP contribution >= 0.6 is 0 Å². The van der Waals surface area contributed by atoms with E-state index in [4.69, 9.17) is 19.3 Å². The van der Waals surface area contributed by atoms with Gasteiger partial charge in [0.1, 0.15) is 12.4 Å². The van der Waals surface area contributed by atoms with Gasteiger partial charge in [-0.2, -0.15) is 0 Å². The van der Waals surface area contributed by atoms with Crippen molar-refractivity contribution in [3.8, 4) is 0 Å². The lowest BCUT2D eigenvalue weighted by atomic mass is 9.94. The quantitative estimate of drug-likeness (QED) is 0.838. The molecule has 1 N–H and O–H groups in total. The lowest BCUT2D eigenvalue weighted by molar-refractivity contribution is 0.125. The molecule has 0 bridgehead atoms. The monoisotopic (exact) mass is 290 g/mol. The summed E-state index contributed by atoms with van der Waals surface area (Å²) in [5, 5.41) is 9.10. The second-order valence-electron chi connectivity index (χ2n) is 4.94. The van der Waals surface area contributed by atoms with Crippen LogP contribution in [0.1, 0.15) is 18.4 Å². The first-order chi connectivity index (χ1) is 10.3. The highest BCUT2D eigenvalue weighted by Crippen LogP contribution is 2.32. The van der Waals surface area contributed by atoms with Crippen LogP contribution in [0, 0.1) is 5.92 Å². The zero-order chi connectivity index (χ0) is 15.1. The predicted octanol–water partition coefficient (Wildman–Crippen LogP) is 2.99. The van der Waals surface area contributed by atoms with Gasteiger partial charge in [-0.3, -0.25) is 0 Å². The highest BCUT2D eigenvalue weighted by Gasteiger charge is 2.25. The minimum atomic E-state index is 0.148. The van der Waals surface area contributed by atoms with Gasteiger partial charge in [0, 0.05) is 13.0 Å². The molecular weight excluding hydrogens is 268 g/mol. The van der Waals surface area contributed by atoms with Gasteiger partial charge in [0.15, 0.2) is 11.5 Å². The molecule has 0 fully saturated rings. The number of hydrogen-bond donors (Lipinski definition) is 1. The van der Waals surface area contributed by atoms with E-state index < -0.39 is 0 Å². The van der Waals surface area contributed by atoms with E-state index in [1.54, 1.807) is 14.2 Å². The van der Waals surface area contributed by atoms with Crippen LogP contribution in [0.3, 0.4) is 0 Å². The minimum absolute atomic E-state index is 0.148. The molecule has 0 saturated heterocycles. The minimum Gasteiger partial charge on any atom is -0.497 e. The fourth-order valence-corrected chi connectivity index (χ4v) is 2.39. The zero-order valence-corrected chi connectivity index (χ0v) is 12.5. The molecule has 1 aromatic carbocycles. The average Bonchev–Trinajstić information content (AvgIpc) is 2.54. The Morgan fingerprint density at radius 1 is 1.14 bits per heavy atom. The Balaban J connectivity index is 2.12. The molecule has 0 heterocycles. The van der Waals surface area contributed by atoms with Gasteiger partial charge >= 0.3 is 0 Å². The zero-order valence-electron chi connectivity index (χ0n) is 12.5. The number of benzene rings is 1. The smallest absolute Gasteiger partial charge is 0.199 e. The first kappa shape index (κ1) is 15.4. The maximum atomic E-state index is 9.10. The van der Waals surface area contributed by atoms with E-state index in [9.17, 15) is 0 Å². The molecule has 4 heteroatoms. The van der Waals surface area contributed by atoms with E-state index in [1.165, 1.54) is 0 Å². The fourth-order valence-electron chi connectivity index (χ4n) is 2.39. The molecule has 21 heavy (non-hydrogen) atoms. The van der Waals surface area contributed by atoms with Gasteiger partial charge in [-0.15, -0.1) is 0 Å². The molecule has 4 nitrogen and oxygen atoms in total. The number of aliphatic hydroxyl groups is 1. The highest BCUT2D eigenvalue weighted by atomic mass is 16.5. The summed E-state index contributed by atoms with van der Waals surface area (Å²) in [5.41, 5.74) is 1.09. The number of aliphatic hydroxyl groups excluding tert-OH is 1. The largest absolute Gasteiger partial charge is 0.497 e. The molecule has 0 spiro atoms. The van der Waals surface area contributed by atoms with Crippen LogP contribution in [-0.4, -0.2) is 25.9 Å². The highest BCUT2D eigenvalue weighted by molar-refractivity contribution is 5.29. The summed E-state index contributed by atoms with van der Waals surface area (Å²) in [6, 6.07) is 9.97. The Morgan fingerprint density at radius 3 is 2.52 bits per heavy atom. The summed E-state index contributed by atoms with van der Waals surface area (Å²) in [4.78, 5) is 0. The lowest BCUT2D eigenvalue weighted by Gasteiger charge is -2.25. The predicted molar refractivity (Wildman–Crippen MR) is 80.2 cm³/mol. The number of ether oxygens (including phenoxy) is 3. The van der Waals surface area contributed by atoms with Gasteiger partial charge in [-0.1, -0.05) is 30.3 Å². The van der Waals surface area contributed by atoms with E-state index in [0.717, 1.165) is 11.3 Å². The van der Waals surface area contributed by atoms with Crippen LogP contribution < -0.4 is 0 Å². The summed E-state index contributed by atoms with van der Waals surface area (Å²) in [6.07, 6.45) is 3.40. The number of methoxy groups -OCH3 is 2. The van der Waals surface area contributed by atoms with Crippen LogP contribution in [0.2, 0.25) is 0 Å². The topological polar surface area (TPSA) is 47.9 Å². The van der Waals surface area contributed by atoms with E-state index in [-0.39, 0.29) is 12.5 Å². The van der Waals surface area contributed by atoms with Gasteiger partial charge in [-0.25, -0.2) is 0 Å². The maximum absolute atomic E-state index is 9.10. The van der Waals surface area contributed by atoms with Crippen molar-refractivity contribution in [2.24, 2.45) is 5.92 Å². The van der Waals surface area contributed by atoms with Crippen molar-refractivity contribution in [1.29, 1.82) is 0 Å². The molecule has 0 aromatic heterocycles. The van der Waals surface area contributed by atoms with Crippen LogP contribution in [0.5, 0.6) is 0 Å². The number of allylic oxidation sites excluding steroid dienone is 2. The molecule has 0 saturated carbocycles. The molecule has 1 aromatic rings. The van der Waals surface area contributed by atoms with Gasteiger partial charge in [0.25, 0.3) is 0 Å². The van der Waals surface area contributed by atoms with Crippen LogP contribution in [0.25, 0.3) is 0 Å².